The molecule has 1 rings (SSSR count). The van der Waals surface area contributed by atoms with E-state index in [1.54, 1.807) is 27.7 Å². The molecule has 0 heterocycles. The Kier molecular flexibility index (Phi) is 4.87. The van der Waals surface area contributed by atoms with Gasteiger partial charge in [-0.2, -0.15) is 0 Å². The van der Waals surface area contributed by atoms with Crippen LogP contribution in [0.4, 0.5) is 4.39 Å². The highest BCUT2D eigenvalue weighted by atomic mass is 19.1. The highest BCUT2D eigenvalue weighted by Gasteiger charge is 2.27. The topological polar surface area (TPSA) is 70.4 Å². The largest absolute Gasteiger partial charge is 0.508 e. The number of esters is 1. The molecule has 0 aliphatic heterocycles. The molecule has 4 nitrogen and oxygen atoms in total. The van der Waals surface area contributed by atoms with Crippen molar-refractivity contribution >= 4 is 11.7 Å². The summed E-state index contributed by atoms with van der Waals surface area (Å²) in [6.07, 6.45) is 0.432. The minimum atomic E-state index is -0.729. The molecule has 110 valence electrons. The van der Waals surface area contributed by atoms with Crippen LogP contribution in [0.25, 0.3) is 0 Å². The van der Waals surface area contributed by atoms with E-state index in [0.29, 0.717) is 12.0 Å². The molecule has 0 aliphatic rings. The van der Waals surface area contributed by atoms with Crippen molar-refractivity contribution in [3.8, 4) is 5.75 Å². The van der Waals surface area contributed by atoms with Gasteiger partial charge in [-0.25, -0.2) is 9.18 Å². The normalized spacial score (nSPS) is 12.8. The smallest absolute Gasteiger partial charge is 0.353 e. The number of aromatic hydroxyl groups is 1. The third-order valence-electron chi connectivity index (χ3n) is 2.68. The Morgan fingerprint density at radius 2 is 2.00 bits per heavy atom. The summed E-state index contributed by atoms with van der Waals surface area (Å²) in [6, 6.07) is 3.55. The molecule has 0 fully saturated rings. The Hall–Kier alpha value is -1.91. The highest BCUT2D eigenvalue weighted by Crippen LogP contribution is 2.26. The minimum absolute atomic E-state index is 0.226. The van der Waals surface area contributed by atoms with E-state index < -0.39 is 23.3 Å². The molecule has 2 N–H and O–H groups in total. The number of benzene rings is 1. The van der Waals surface area contributed by atoms with Crippen molar-refractivity contribution in [2.75, 3.05) is 0 Å². The van der Waals surface area contributed by atoms with Crippen LogP contribution >= 0.6 is 0 Å². The first-order valence-electron chi connectivity index (χ1n) is 6.45. The summed E-state index contributed by atoms with van der Waals surface area (Å²) >= 11 is 0. The van der Waals surface area contributed by atoms with Gasteiger partial charge in [0.15, 0.2) is 0 Å². The molecule has 0 aromatic heterocycles. The summed E-state index contributed by atoms with van der Waals surface area (Å²) in [7, 11) is 0. The summed E-state index contributed by atoms with van der Waals surface area (Å²) in [5.41, 5.74) is -0.542. The minimum Gasteiger partial charge on any atom is -0.508 e. The Labute approximate surface area is 118 Å². The van der Waals surface area contributed by atoms with Crippen molar-refractivity contribution < 1.29 is 19.0 Å². The van der Waals surface area contributed by atoms with Crippen molar-refractivity contribution in [3.05, 3.63) is 29.6 Å². The predicted molar refractivity (Wildman–Crippen MR) is 74.7 cm³/mol. The molecular formula is C15H20FNO3. The molecule has 1 atom stereocenters. The number of phenols is 1. The van der Waals surface area contributed by atoms with Gasteiger partial charge in [0.25, 0.3) is 0 Å². The Morgan fingerprint density at radius 1 is 1.40 bits per heavy atom. The van der Waals surface area contributed by atoms with E-state index in [1.807, 2.05) is 0 Å². The van der Waals surface area contributed by atoms with Crippen molar-refractivity contribution in [1.82, 2.24) is 0 Å². The third-order valence-corrected chi connectivity index (χ3v) is 2.68. The number of rotatable bonds is 4. The fraction of sp³-hybridized carbons (Fsp3) is 0.467. The van der Waals surface area contributed by atoms with E-state index in [9.17, 15) is 14.3 Å². The van der Waals surface area contributed by atoms with Crippen LogP contribution in [0.15, 0.2) is 18.2 Å². The molecule has 20 heavy (non-hydrogen) atoms. The molecular weight excluding hydrogens is 261 g/mol. The molecule has 0 aliphatic carbocycles. The van der Waals surface area contributed by atoms with E-state index in [4.69, 9.17) is 10.1 Å². The molecule has 0 saturated carbocycles. The Balaban J connectivity index is 3.01. The molecule has 0 bridgehead atoms. The number of carbonyl (C=O) groups excluding carboxylic acids is 1. The molecule has 0 spiro atoms. The van der Waals surface area contributed by atoms with Crippen molar-refractivity contribution in [2.24, 2.45) is 0 Å². The lowest BCUT2D eigenvalue weighted by Crippen LogP contribution is -2.31. The summed E-state index contributed by atoms with van der Waals surface area (Å²) in [4.78, 5) is 11.9. The van der Waals surface area contributed by atoms with E-state index in [-0.39, 0.29) is 11.5 Å². The monoisotopic (exact) mass is 281 g/mol. The molecule has 0 saturated heterocycles. The van der Waals surface area contributed by atoms with Gasteiger partial charge in [-0.15, -0.1) is 0 Å². The zero-order valence-corrected chi connectivity index (χ0v) is 12.2. The number of carbonyl (C=O) groups is 1. The van der Waals surface area contributed by atoms with Crippen LogP contribution in [0, 0.1) is 11.2 Å². The summed E-state index contributed by atoms with van der Waals surface area (Å²) in [5.74, 6) is -2.16. The number of phenolic OH excluding ortho intramolecular Hbond substituents is 1. The van der Waals surface area contributed by atoms with E-state index in [0.717, 1.165) is 6.07 Å². The quantitative estimate of drug-likeness (QED) is 0.656. The zero-order chi connectivity index (χ0) is 15.5. The Bertz CT molecular complexity index is 500. The van der Waals surface area contributed by atoms with Gasteiger partial charge in [0.2, 0.25) is 0 Å². The first kappa shape index (κ1) is 16.1. The fourth-order valence-electron chi connectivity index (χ4n) is 1.88. The standard InChI is InChI=1S/C15H20FNO3/c1-5-12(9-6-10(16)8-11(18)7-9)13(17)14(19)20-15(2,3)4/h6-8,12,17-18H,5H2,1-4H3. The van der Waals surface area contributed by atoms with Gasteiger partial charge in [-0.05, 0) is 44.9 Å². The van der Waals surface area contributed by atoms with Crippen LogP contribution in [0.5, 0.6) is 5.75 Å². The first-order chi connectivity index (χ1) is 9.14. The lowest BCUT2D eigenvalue weighted by atomic mass is 9.91. The maximum atomic E-state index is 13.3. The van der Waals surface area contributed by atoms with Gasteiger partial charge < -0.3 is 9.84 Å². The molecule has 0 radical (unpaired) electrons. The SMILES string of the molecule is CCC(C(=N)C(=O)OC(C)(C)C)c1cc(O)cc(F)c1. The lowest BCUT2D eigenvalue weighted by Gasteiger charge is -2.22. The van der Waals surface area contributed by atoms with E-state index >= 15 is 0 Å². The highest BCUT2D eigenvalue weighted by molar-refractivity contribution is 6.37. The number of halogens is 1. The third kappa shape index (κ3) is 4.33. The van der Waals surface area contributed by atoms with E-state index in [2.05, 4.69) is 0 Å². The number of ether oxygens (including phenoxy) is 1. The van der Waals surface area contributed by atoms with Gasteiger partial charge in [0, 0.05) is 12.0 Å². The van der Waals surface area contributed by atoms with Crippen LogP contribution in [-0.4, -0.2) is 22.4 Å². The molecule has 0 amide bonds. The van der Waals surface area contributed by atoms with Crippen LogP contribution in [0.2, 0.25) is 0 Å². The van der Waals surface area contributed by atoms with Gasteiger partial charge >= 0.3 is 5.97 Å². The second kappa shape index (κ2) is 6.03. The fourth-order valence-corrected chi connectivity index (χ4v) is 1.88. The maximum Gasteiger partial charge on any atom is 0.353 e. The maximum absolute atomic E-state index is 13.3. The van der Waals surface area contributed by atoms with Crippen LogP contribution in [0.3, 0.4) is 0 Å². The second-order valence-corrected chi connectivity index (χ2v) is 5.62. The number of hydrogen-bond donors (Lipinski definition) is 2. The predicted octanol–water partition coefficient (Wildman–Crippen LogP) is 3.39. The van der Waals surface area contributed by atoms with Crippen molar-refractivity contribution in [2.45, 2.75) is 45.6 Å². The average Bonchev–Trinajstić information content (AvgIpc) is 2.26. The molecule has 1 aromatic rings. The zero-order valence-electron chi connectivity index (χ0n) is 12.2. The Morgan fingerprint density at radius 3 is 2.45 bits per heavy atom. The van der Waals surface area contributed by atoms with Crippen molar-refractivity contribution in [1.29, 1.82) is 5.41 Å². The first-order valence-corrected chi connectivity index (χ1v) is 6.45. The summed E-state index contributed by atoms with van der Waals surface area (Å²) < 4.78 is 18.5. The van der Waals surface area contributed by atoms with Crippen LogP contribution in [-0.2, 0) is 9.53 Å². The molecule has 5 heteroatoms. The second-order valence-electron chi connectivity index (χ2n) is 5.62. The van der Waals surface area contributed by atoms with Crippen LogP contribution in [0.1, 0.15) is 45.6 Å². The van der Waals surface area contributed by atoms with E-state index in [1.165, 1.54) is 12.1 Å². The van der Waals surface area contributed by atoms with Gasteiger partial charge in [-0.3, -0.25) is 5.41 Å². The summed E-state index contributed by atoms with van der Waals surface area (Å²) in [6.45, 7) is 6.93. The number of nitrogens with one attached hydrogen (secondary N) is 1. The van der Waals surface area contributed by atoms with Gasteiger partial charge in [0.05, 0.1) is 0 Å². The summed E-state index contributed by atoms with van der Waals surface area (Å²) in [5, 5.41) is 17.4. The van der Waals surface area contributed by atoms with Crippen LogP contribution < -0.4 is 0 Å². The average molecular weight is 281 g/mol. The van der Waals surface area contributed by atoms with Crippen molar-refractivity contribution in [3.63, 3.8) is 0 Å². The lowest BCUT2D eigenvalue weighted by molar-refractivity contribution is -0.146. The number of hydrogen-bond acceptors (Lipinski definition) is 4. The van der Waals surface area contributed by atoms with Gasteiger partial charge in [0.1, 0.15) is 22.9 Å². The molecule has 1 aromatic carbocycles. The van der Waals surface area contributed by atoms with Gasteiger partial charge in [-0.1, -0.05) is 6.92 Å². The molecule has 1 unspecified atom stereocenters.